The van der Waals surface area contributed by atoms with E-state index in [1.54, 1.807) is 0 Å². The Bertz CT molecular complexity index is 498. The van der Waals surface area contributed by atoms with E-state index in [2.05, 4.69) is 12.2 Å². The minimum absolute atomic E-state index is 0.0646. The zero-order valence-corrected chi connectivity index (χ0v) is 10.7. The average Bonchev–Trinajstić information content (AvgIpc) is 2.73. The van der Waals surface area contributed by atoms with Crippen LogP contribution in [-0.4, -0.2) is 25.2 Å². The lowest BCUT2D eigenvalue weighted by molar-refractivity contribution is -0.0290. The molecule has 96 valence electrons. The largest absolute Gasteiger partial charge is 0.457 e. The summed E-state index contributed by atoms with van der Waals surface area (Å²) in [7, 11) is 0. The summed E-state index contributed by atoms with van der Waals surface area (Å²) in [5, 5.41) is 3.36. The van der Waals surface area contributed by atoms with E-state index >= 15 is 0 Å². The van der Waals surface area contributed by atoms with Gasteiger partial charge in [-0.3, -0.25) is 0 Å². The Morgan fingerprint density at radius 2 is 2.17 bits per heavy atom. The van der Waals surface area contributed by atoms with Crippen molar-refractivity contribution in [1.82, 2.24) is 5.32 Å². The summed E-state index contributed by atoms with van der Waals surface area (Å²) in [6.45, 7) is 6.21. The van der Waals surface area contributed by atoms with E-state index < -0.39 is 0 Å². The number of carbonyl (C=O) groups excluding carboxylic acids is 1. The molecule has 4 heteroatoms. The Labute approximate surface area is 106 Å². The molecule has 2 aliphatic heterocycles. The standard InChI is InChI=1S/C14H17NO3/c1-8-5-15-6-13(18-8)10-3-4-11-12(9(10)2)7-17-14(11)16/h3-4,8,13,15H,5-7H2,1-2H3. The highest BCUT2D eigenvalue weighted by atomic mass is 16.5. The van der Waals surface area contributed by atoms with Crippen LogP contribution in [-0.2, 0) is 16.1 Å². The number of nitrogens with one attached hydrogen (secondary N) is 1. The van der Waals surface area contributed by atoms with Crippen molar-refractivity contribution in [3.8, 4) is 0 Å². The van der Waals surface area contributed by atoms with Gasteiger partial charge in [-0.2, -0.15) is 0 Å². The average molecular weight is 247 g/mol. The molecule has 0 bridgehead atoms. The van der Waals surface area contributed by atoms with Gasteiger partial charge in [0.25, 0.3) is 0 Å². The number of fused-ring (bicyclic) bond motifs is 1. The van der Waals surface area contributed by atoms with Crippen molar-refractivity contribution in [1.29, 1.82) is 0 Å². The smallest absolute Gasteiger partial charge is 0.338 e. The zero-order chi connectivity index (χ0) is 12.7. The molecule has 0 aliphatic carbocycles. The van der Waals surface area contributed by atoms with Crippen LogP contribution in [0.4, 0.5) is 0 Å². The maximum absolute atomic E-state index is 11.5. The molecule has 0 amide bonds. The quantitative estimate of drug-likeness (QED) is 0.768. The lowest BCUT2D eigenvalue weighted by atomic mass is 9.94. The second kappa shape index (κ2) is 4.37. The first kappa shape index (κ1) is 11.7. The van der Waals surface area contributed by atoms with Crippen LogP contribution in [0, 0.1) is 6.92 Å². The van der Waals surface area contributed by atoms with Crippen molar-refractivity contribution in [2.75, 3.05) is 13.1 Å². The number of cyclic esters (lactones) is 1. The summed E-state index contributed by atoms with van der Waals surface area (Å²) in [4.78, 5) is 11.5. The van der Waals surface area contributed by atoms with Crippen LogP contribution >= 0.6 is 0 Å². The van der Waals surface area contributed by atoms with E-state index in [-0.39, 0.29) is 18.2 Å². The molecular formula is C14H17NO3. The second-order valence-corrected chi connectivity index (χ2v) is 4.98. The predicted octanol–water partition coefficient (Wildman–Crippen LogP) is 1.71. The molecule has 2 heterocycles. The molecule has 1 aromatic carbocycles. The molecule has 18 heavy (non-hydrogen) atoms. The van der Waals surface area contributed by atoms with E-state index in [1.807, 2.05) is 19.1 Å². The fraction of sp³-hybridized carbons (Fsp3) is 0.500. The molecule has 1 aromatic rings. The highest BCUT2D eigenvalue weighted by molar-refractivity contribution is 5.93. The number of morpholine rings is 1. The first-order valence-electron chi connectivity index (χ1n) is 6.32. The normalized spacial score (nSPS) is 26.9. The lowest BCUT2D eigenvalue weighted by Gasteiger charge is -2.30. The van der Waals surface area contributed by atoms with Crippen LogP contribution in [0.25, 0.3) is 0 Å². The minimum atomic E-state index is -0.212. The Morgan fingerprint density at radius 1 is 1.33 bits per heavy atom. The van der Waals surface area contributed by atoms with E-state index in [0.717, 1.165) is 29.8 Å². The Hall–Kier alpha value is -1.39. The van der Waals surface area contributed by atoms with E-state index in [1.165, 1.54) is 0 Å². The van der Waals surface area contributed by atoms with Crippen molar-refractivity contribution in [2.24, 2.45) is 0 Å². The van der Waals surface area contributed by atoms with Gasteiger partial charge in [0.15, 0.2) is 0 Å². The topological polar surface area (TPSA) is 47.6 Å². The number of ether oxygens (including phenoxy) is 2. The molecule has 1 N–H and O–H groups in total. The molecule has 0 radical (unpaired) electrons. The number of hydrogen-bond acceptors (Lipinski definition) is 4. The number of hydrogen-bond donors (Lipinski definition) is 1. The summed E-state index contributed by atoms with van der Waals surface area (Å²) in [6, 6.07) is 3.85. The van der Waals surface area contributed by atoms with Gasteiger partial charge in [0, 0.05) is 18.7 Å². The van der Waals surface area contributed by atoms with Crippen molar-refractivity contribution >= 4 is 5.97 Å². The Balaban J connectivity index is 1.96. The fourth-order valence-electron chi connectivity index (χ4n) is 2.69. The van der Waals surface area contributed by atoms with Gasteiger partial charge in [0.1, 0.15) is 6.61 Å². The molecule has 1 fully saturated rings. The highest BCUT2D eigenvalue weighted by Crippen LogP contribution is 2.31. The number of esters is 1. The highest BCUT2D eigenvalue weighted by Gasteiger charge is 2.28. The molecule has 2 unspecified atom stereocenters. The summed E-state index contributed by atoms with van der Waals surface area (Å²) in [5.41, 5.74) is 4.00. The predicted molar refractivity (Wildman–Crippen MR) is 66.5 cm³/mol. The molecule has 0 saturated carbocycles. The van der Waals surface area contributed by atoms with Gasteiger partial charge >= 0.3 is 5.97 Å². The molecule has 0 aromatic heterocycles. The third kappa shape index (κ3) is 1.82. The molecular weight excluding hydrogens is 230 g/mol. The van der Waals surface area contributed by atoms with Gasteiger partial charge in [0.05, 0.1) is 17.8 Å². The maximum atomic E-state index is 11.5. The SMILES string of the molecule is Cc1c(C2CNCC(C)O2)ccc2c1COC2=O. The summed E-state index contributed by atoms with van der Waals surface area (Å²) in [6.07, 6.45) is 0.282. The van der Waals surface area contributed by atoms with Crippen LogP contribution in [0.2, 0.25) is 0 Å². The van der Waals surface area contributed by atoms with Crippen molar-refractivity contribution in [2.45, 2.75) is 32.7 Å². The Morgan fingerprint density at radius 3 is 2.94 bits per heavy atom. The Kier molecular flexibility index (Phi) is 2.84. The molecule has 2 aliphatic rings. The van der Waals surface area contributed by atoms with E-state index in [0.29, 0.717) is 12.2 Å². The van der Waals surface area contributed by atoms with Gasteiger partial charge < -0.3 is 14.8 Å². The second-order valence-electron chi connectivity index (χ2n) is 4.98. The van der Waals surface area contributed by atoms with Crippen LogP contribution in [0.15, 0.2) is 12.1 Å². The first-order valence-corrected chi connectivity index (χ1v) is 6.32. The van der Waals surface area contributed by atoms with Gasteiger partial charge in [-0.15, -0.1) is 0 Å². The van der Waals surface area contributed by atoms with Gasteiger partial charge in [-0.05, 0) is 31.0 Å². The van der Waals surface area contributed by atoms with Crippen LogP contribution in [0.3, 0.4) is 0 Å². The van der Waals surface area contributed by atoms with Gasteiger partial charge in [-0.1, -0.05) is 6.07 Å². The number of benzene rings is 1. The molecule has 2 atom stereocenters. The monoisotopic (exact) mass is 247 g/mol. The van der Waals surface area contributed by atoms with E-state index in [4.69, 9.17) is 9.47 Å². The third-order valence-corrected chi connectivity index (χ3v) is 3.71. The van der Waals surface area contributed by atoms with Crippen LogP contribution in [0.1, 0.15) is 40.1 Å². The first-order chi connectivity index (χ1) is 8.66. The lowest BCUT2D eigenvalue weighted by Crippen LogP contribution is -2.39. The van der Waals surface area contributed by atoms with Crippen LogP contribution < -0.4 is 5.32 Å². The minimum Gasteiger partial charge on any atom is -0.457 e. The van der Waals surface area contributed by atoms with E-state index in [9.17, 15) is 4.79 Å². The van der Waals surface area contributed by atoms with Crippen molar-refractivity contribution in [3.63, 3.8) is 0 Å². The maximum Gasteiger partial charge on any atom is 0.338 e. The summed E-state index contributed by atoms with van der Waals surface area (Å²) >= 11 is 0. The third-order valence-electron chi connectivity index (χ3n) is 3.71. The molecule has 0 spiro atoms. The fourth-order valence-corrected chi connectivity index (χ4v) is 2.69. The molecule has 4 nitrogen and oxygen atoms in total. The molecule has 1 saturated heterocycles. The zero-order valence-electron chi connectivity index (χ0n) is 10.7. The van der Waals surface area contributed by atoms with Crippen molar-refractivity contribution < 1.29 is 14.3 Å². The molecule has 3 rings (SSSR count). The summed E-state index contributed by atoms with van der Waals surface area (Å²) in [5.74, 6) is -0.212. The van der Waals surface area contributed by atoms with Crippen LogP contribution in [0.5, 0.6) is 0 Å². The number of carbonyl (C=O) groups is 1. The van der Waals surface area contributed by atoms with Crippen molar-refractivity contribution in [3.05, 3.63) is 34.4 Å². The van der Waals surface area contributed by atoms with Gasteiger partial charge in [0.2, 0.25) is 0 Å². The summed E-state index contributed by atoms with van der Waals surface area (Å²) < 4.78 is 11.0. The van der Waals surface area contributed by atoms with Gasteiger partial charge in [-0.25, -0.2) is 4.79 Å². The number of rotatable bonds is 1.